The van der Waals surface area contributed by atoms with E-state index in [0.717, 1.165) is 12.8 Å². The van der Waals surface area contributed by atoms with Gasteiger partial charge in [-0.05, 0) is 43.4 Å². The molecule has 1 atom stereocenters. The Morgan fingerprint density at radius 1 is 1.42 bits per heavy atom. The lowest BCUT2D eigenvalue weighted by atomic mass is 10.0. The average Bonchev–Trinajstić information content (AvgIpc) is 2.59. The number of methoxy groups -OCH3 is 1. The molecule has 2 rings (SSSR count). The first-order chi connectivity index (χ1) is 12.2. The number of benzene rings is 1. The summed E-state index contributed by atoms with van der Waals surface area (Å²) < 4.78 is 32.5. The average molecular weight is 403 g/mol. The van der Waals surface area contributed by atoms with Crippen molar-refractivity contribution in [2.24, 2.45) is 5.92 Å². The van der Waals surface area contributed by atoms with Crippen molar-refractivity contribution in [3.63, 3.8) is 0 Å². The van der Waals surface area contributed by atoms with Crippen molar-refractivity contribution in [1.82, 2.24) is 9.62 Å². The molecule has 8 heteroatoms. The summed E-state index contributed by atoms with van der Waals surface area (Å²) in [5.74, 6) is 0.692. The fraction of sp³-hybridized carbons (Fsp3) is 0.611. The zero-order chi connectivity index (χ0) is 19.3. The van der Waals surface area contributed by atoms with Gasteiger partial charge in [0.25, 0.3) is 5.91 Å². The van der Waals surface area contributed by atoms with E-state index in [0.29, 0.717) is 41.8 Å². The highest BCUT2D eigenvalue weighted by Gasteiger charge is 2.28. The minimum Gasteiger partial charge on any atom is -0.496 e. The zero-order valence-electron chi connectivity index (χ0n) is 15.5. The first-order valence-corrected chi connectivity index (χ1v) is 10.9. The van der Waals surface area contributed by atoms with Gasteiger partial charge in [-0.2, -0.15) is 0 Å². The van der Waals surface area contributed by atoms with Crippen LogP contribution in [-0.4, -0.2) is 51.2 Å². The Morgan fingerprint density at radius 2 is 2.15 bits per heavy atom. The van der Waals surface area contributed by atoms with Crippen LogP contribution in [0.3, 0.4) is 0 Å². The van der Waals surface area contributed by atoms with Crippen LogP contribution in [0.1, 0.15) is 43.5 Å². The summed E-state index contributed by atoms with van der Waals surface area (Å²) in [6.45, 7) is 4.91. The lowest BCUT2D eigenvalue weighted by molar-refractivity contribution is 0.0699. The van der Waals surface area contributed by atoms with E-state index in [1.807, 2.05) is 13.8 Å². The van der Waals surface area contributed by atoms with Crippen LogP contribution in [-0.2, 0) is 10.0 Å². The Labute approximate surface area is 160 Å². The molecule has 26 heavy (non-hydrogen) atoms. The van der Waals surface area contributed by atoms with Crippen LogP contribution >= 0.6 is 11.6 Å². The van der Waals surface area contributed by atoms with Crippen LogP contribution in [0.2, 0.25) is 5.02 Å². The molecule has 0 unspecified atom stereocenters. The zero-order valence-corrected chi connectivity index (χ0v) is 17.1. The fourth-order valence-electron chi connectivity index (χ4n) is 2.98. The Bertz CT molecular complexity index is 737. The number of hydrogen-bond donors (Lipinski definition) is 1. The maximum atomic E-state index is 12.9. The summed E-state index contributed by atoms with van der Waals surface area (Å²) in [4.78, 5) is 14.5. The van der Waals surface area contributed by atoms with Gasteiger partial charge in [-0.25, -0.2) is 13.1 Å². The molecule has 1 heterocycles. The topological polar surface area (TPSA) is 75.7 Å². The lowest BCUT2D eigenvalue weighted by Gasteiger charge is -2.33. The predicted molar refractivity (Wildman–Crippen MR) is 103 cm³/mol. The van der Waals surface area contributed by atoms with E-state index in [1.54, 1.807) is 23.1 Å². The SMILES string of the molecule is COc1ccc(Cl)cc1C(=O)N1CCC[C@H](NS(=O)(=O)CCC(C)C)C1. The third kappa shape index (κ3) is 5.86. The number of halogens is 1. The van der Waals surface area contributed by atoms with Gasteiger partial charge in [-0.3, -0.25) is 4.79 Å². The fourth-order valence-corrected chi connectivity index (χ4v) is 4.75. The predicted octanol–water partition coefficient (Wildman–Crippen LogP) is 2.92. The van der Waals surface area contributed by atoms with Gasteiger partial charge in [-0.1, -0.05) is 25.4 Å². The highest BCUT2D eigenvalue weighted by atomic mass is 35.5. The standard InChI is InChI=1S/C18H27ClN2O4S/c1-13(2)8-10-26(23,24)20-15-5-4-9-21(12-15)18(22)16-11-14(19)6-7-17(16)25-3/h6-7,11,13,15,20H,4-5,8-10,12H2,1-3H3/t15-/m0/s1. The number of piperidine rings is 1. The number of nitrogens with one attached hydrogen (secondary N) is 1. The van der Waals surface area contributed by atoms with Gasteiger partial charge in [-0.15, -0.1) is 0 Å². The molecule has 146 valence electrons. The molecular formula is C18H27ClN2O4S. The van der Waals surface area contributed by atoms with E-state index in [2.05, 4.69) is 4.72 Å². The van der Waals surface area contributed by atoms with Gasteiger partial charge >= 0.3 is 0 Å². The highest BCUT2D eigenvalue weighted by Crippen LogP contribution is 2.25. The molecule has 0 spiro atoms. The molecule has 6 nitrogen and oxygen atoms in total. The van der Waals surface area contributed by atoms with Gasteiger partial charge < -0.3 is 9.64 Å². The second-order valence-corrected chi connectivity index (χ2v) is 9.36. The first kappa shape index (κ1) is 21.0. The van der Waals surface area contributed by atoms with E-state index < -0.39 is 10.0 Å². The van der Waals surface area contributed by atoms with Crippen LogP contribution in [0, 0.1) is 5.92 Å². The van der Waals surface area contributed by atoms with Crippen molar-refractivity contribution in [2.45, 2.75) is 39.2 Å². The summed E-state index contributed by atoms with van der Waals surface area (Å²) in [5, 5.41) is 0.456. The number of amides is 1. The molecule has 1 aromatic carbocycles. The number of carbonyl (C=O) groups is 1. The molecular weight excluding hydrogens is 376 g/mol. The largest absolute Gasteiger partial charge is 0.496 e. The van der Waals surface area contributed by atoms with E-state index in [1.165, 1.54) is 7.11 Å². The molecule has 1 aliphatic heterocycles. The number of nitrogens with zero attached hydrogens (tertiary/aromatic N) is 1. The van der Waals surface area contributed by atoms with Crippen LogP contribution in [0.4, 0.5) is 0 Å². The Morgan fingerprint density at radius 3 is 2.81 bits per heavy atom. The molecule has 1 aromatic rings. The van der Waals surface area contributed by atoms with Crippen molar-refractivity contribution < 1.29 is 17.9 Å². The van der Waals surface area contributed by atoms with Crippen LogP contribution in [0.25, 0.3) is 0 Å². The Kier molecular flexibility index (Phi) is 7.32. The second kappa shape index (κ2) is 9.06. The number of likely N-dealkylation sites (tertiary alicyclic amines) is 1. The maximum Gasteiger partial charge on any atom is 0.257 e. The molecule has 0 saturated carbocycles. The number of rotatable bonds is 7. The number of hydrogen-bond acceptors (Lipinski definition) is 4. The molecule has 1 fully saturated rings. The lowest BCUT2D eigenvalue weighted by Crippen LogP contribution is -2.50. The summed E-state index contributed by atoms with van der Waals surface area (Å²) in [6.07, 6.45) is 2.08. The molecule has 0 aromatic heterocycles. The number of sulfonamides is 1. The van der Waals surface area contributed by atoms with E-state index >= 15 is 0 Å². The molecule has 0 aliphatic carbocycles. The van der Waals surface area contributed by atoms with E-state index in [-0.39, 0.29) is 17.7 Å². The summed E-state index contributed by atoms with van der Waals surface area (Å²) in [7, 11) is -1.84. The third-order valence-electron chi connectivity index (χ3n) is 4.41. The normalized spacial score (nSPS) is 18.2. The monoisotopic (exact) mass is 402 g/mol. The van der Waals surface area contributed by atoms with Gasteiger partial charge in [0.1, 0.15) is 5.75 Å². The van der Waals surface area contributed by atoms with Crippen molar-refractivity contribution >= 4 is 27.5 Å². The molecule has 0 bridgehead atoms. The molecule has 1 N–H and O–H groups in total. The molecule has 1 aliphatic rings. The number of ether oxygens (including phenoxy) is 1. The maximum absolute atomic E-state index is 12.9. The number of carbonyl (C=O) groups excluding carboxylic acids is 1. The van der Waals surface area contributed by atoms with Crippen molar-refractivity contribution in [3.05, 3.63) is 28.8 Å². The quantitative estimate of drug-likeness (QED) is 0.760. The van der Waals surface area contributed by atoms with Crippen molar-refractivity contribution in [3.8, 4) is 5.75 Å². The summed E-state index contributed by atoms with van der Waals surface area (Å²) >= 11 is 6.01. The van der Waals surface area contributed by atoms with E-state index in [4.69, 9.17) is 16.3 Å². The minimum absolute atomic E-state index is 0.108. The third-order valence-corrected chi connectivity index (χ3v) is 6.11. The van der Waals surface area contributed by atoms with E-state index in [9.17, 15) is 13.2 Å². The van der Waals surface area contributed by atoms with Gasteiger partial charge in [0, 0.05) is 24.2 Å². The molecule has 1 amide bonds. The van der Waals surface area contributed by atoms with Gasteiger partial charge in [0.2, 0.25) is 10.0 Å². The summed E-state index contributed by atoms with van der Waals surface area (Å²) in [6, 6.07) is 4.64. The molecule has 0 radical (unpaired) electrons. The van der Waals surface area contributed by atoms with Crippen molar-refractivity contribution in [2.75, 3.05) is 26.0 Å². The van der Waals surface area contributed by atoms with Crippen LogP contribution < -0.4 is 9.46 Å². The first-order valence-electron chi connectivity index (χ1n) is 8.84. The van der Waals surface area contributed by atoms with Gasteiger partial charge in [0.15, 0.2) is 0 Å². The summed E-state index contributed by atoms with van der Waals surface area (Å²) in [5.41, 5.74) is 0.392. The van der Waals surface area contributed by atoms with Crippen molar-refractivity contribution in [1.29, 1.82) is 0 Å². The smallest absolute Gasteiger partial charge is 0.257 e. The Balaban J connectivity index is 2.06. The minimum atomic E-state index is -3.34. The van der Waals surface area contributed by atoms with Gasteiger partial charge in [0.05, 0.1) is 18.4 Å². The van der Waals surface area contributed by atoms with Crippen LogP contribution in [0.5, 0.6) is 5.75 Å². The highest BCUT2D eigenvalue weighted by molar-refractivity contribution is 7.89. The Hall–Kier alpha value is -1.31. The van der Waals surface area contributed by atoms with Crippen LogP contribution in [0.15, 0.2) is 18.2 Å². The molecule has 1 saturated heterocycles. The second-order valence-electron chi connectivity index (χ2n) is 7.05.